The summed E-state index contributed by atoms with van der Waals surface area (Å²) in [5, 5.41) is 11.6. The van der Waals surface area contributed by atoms with Gasteiger partial charge in [0, 0.05) is 19.6 Å². The van der Waals surface area contributed by atoms with Gasteiger partial charge in [0.25, 0.3) is 0 Å². The highest BCUT2D eigenvalue weighted by atomic mass is 16.5. The summed E-state index contributed by atoms with van der Waals surface area (Å²) in [5.41, 5.74) is 0. The summed E-state index contributed by atoms with van der Waals surface area (Å²) >= 11 is 0. The lowest BCUT2D eigenvalue weighted by molar-refractivity contribution is -0.149. The molecule has 114 valence electrons. The standard InChI is InChI=1S/C13H22N2O5/c1-8-6-15(7-9(2)19-8)13(18)14-5-10-3-4-11(20-10)12(16)17/h8-11H,3-7H2,1-2H3,(H,14,18)(H,16,17). The fraction of sp³-hybridized carbons (Fsp3) is 0.846. The topological polar surface area (TPSA) is 88.1 Å². The number of nitrogens with one attached hydrogen (secondary N) is 1. The zero-order chi connectivity index (χ0) is 14.7. The van der Waals surface area contributed by atoms with Gasteiger partial charge in [0.05, 0.1) is 18.3 Å². The Labute approximate surface area is 118 Å². The smallest absolute Gasteiger partial charge is 0.332 e. The third-order valence-electron chi connectivity index (χ3n) is 3.57. The molecule has 0 saturated carbocycles. The minimum Gasteiger partial charge on any atom is -0.479 e. The van der Waals surface area contributed by atoms with Crippen LogP contribution in [-0.4, -0.2) is 66.1 Å². The Bertz CT molecular complexity index is 366. The molecule has 2 rings (SSSR count). The number of aliphatic carboxylic acids is 1. The molecular formula is C13H22N2O5. The van der Waals surface area contributed by atoms with Gasteiger partial charge in [-0.1, -0.05) is 0 Å². The van der Waals surface area contributed by atoms with Gasteiger partial charge >= 0.3 is 12.0 Å². The van der Waals surface area contributed by atoms with Gasteiger partial charge in [0.1, 0.15) is 0 Å². The van der Waals surface area contributed by atoms with E-state index >= 15 is 0 Å². The molecule has 2 amide bonds. The van der Waals surface area contributed by atoms with Crippen LogP contribution >= 0.6 is 0 Å². The Hall–Kier alpha value is -1.34. The molecule has 2 saturated heterocycles. The van der Waals surface area contributed by atoms with Crippen molar-refractivity contribution in [1.29, 1.82) is 0 Å². The van der Waals surface area contributed by atoms with E-state index in [1.807, 2.05) is 13.8 Å². The molecule has 2 fully saturated rings. The first kappa shape index (κ1) is 15.1. The van der Waals surface area contributed by atoms with Crippen molar-refractivity contribution in [2.45, 2.75) is 51.1 Å². The molecule has 7 heteroatoms. The summed E-state index contributed by atoms with van der Waals surface area (Å²) in [6.07, 6.45) is 0.276. The number of carbonyl (C=O) groups excluding carboxylic acids is 1. The third-order valence-corrected chi connectivity index (χ3v) is 3.57. The van der Waals surface area contributed by atoms with Crippen LogP contribution in [0, 0.1) is 0 Å². The molecule has 0 aromatic rings. The summed E-state index contributed by atoms with van der Waals surface area (Å²) in [6, 6.07) is -0.144. The SMILES string of the molecule is CC1CN(C(=O)NCC2CCC(C(=O)O)O2)CC(C)O1. The second-order valence-corrected chi connectivity index (χ2v) is 5.51. The molecular weight excluding hydrogens is 264 g/mol. The van der Waals surface area contributed by atoms with Crippen molar-refractivity contribution in [1.82, 2.24) is 10.2 Å². The molecule has 0 aromatic heterocycles. The number of hydrogen-bond donors (Lipinski definition) is 2. The van der Waals surface area contributed by atoms with Crippen LogP contribution in [0.25, 0.3) is 0 Å². The molecule has 20 heavy (non-hydrogen) atoms. The van der Waals surface area contributed by atoms with Crippen LogP contribution in [-0.2, 0) is 14.3 Å². The number of carbonyl (C=O) groups is 2. The molecule has 2 N–H and O–H groups in total. The molecule has 7 nitrogen and oxygen atoms in total. The Morgan fingerprint density at radius 2 is 1.85 bits per heavy atom. The van der Waals surface area contributed by atoms with Crippen LogP contribution in [0.5, 0.6) is 0 Å². The molecule has 0 aliphatic carbocycles. The molecule has 2 aliphatic heterocycles. The maximum absolute atomic E-state index is 12.0. The van der Waals surface area contributed by atoms with Crippen molar-refractivity contribution < 1.29 is 24.2 Å². The maximum atomic E-state index is 12.0. The highest BCUT2D eigenvalue weighted by Crippen LogP contribution is 2.19. The number of hydrogen-bond acceptors (Lipinski definition) is 4. The van der Waals surface area contributed by atoms with Crippen LogP contribution in [0.15, 0.2) is 0 Å². The summed E-state index contributed by atoms with van der Waals surface area (Å²) in [6.45, 7) is 5.36. The number of carboxylic acids is 1. The fourth-order valence-corrected chi connectivity index (χ4v) is 2.69. The first-order chi connectivity index (χ1) is 9.45. The van der Waals surface area contributed by atoms with Gasteiger partial charge in [-0.25, -0.2) is 9.59 Å². The van der Waals surface area contributed by atoms with Crippen LogP contribution in [0.4, 0.5) is 4.79 Å². The zero-order valence-corrected chi connectivity index (χ0v) is 11.9. The van der Waals surface area contributed by atoms with Crippen LogP contribution in [0.3, 0.4) is 0 Å². The minimum absolute atomic E-state index is 0.0311. The van der Waals surface area contributed by atoms with Crippen molar-refractivity contribution >= 4 is 12.0 Å². The highest BCUT2D eigenvalue weighted by Gasteiger charge is 2.31. The van der Waals surface area contributed by atoms with Gasteiger partial charge in [0.15, 0.2) is 6.10 Å². The average Bonchev–Trinajstić information content (AvgIpc) is 2.83. The van der Waals surface area contributed by atoms with E-state index in [2.05, 4.69) is 5.32 Å². The van der Waals surface area contributed by atoms with Crippen molar-refractivity contribution in [3.63, 3.8) is 0 Å². The molecule has 4 atom stereocenters. The molecule has 2 aliphatic rings. The third kappa shape index (κ3) is 3.83. The van der Waals surface area contributed by atoms with Crippen molar-refractivity contribution in [3.8, 4) is 0 Å². The number of morpholine rings is 1. The number of nitrogens with zero attached hydrogens (tertiary/aromatic N) is 1. The normalized spacial score (nSPS) is 34.0. The largest absolute Gasteiger partial charge is 0.479 e. The summed E-state index contributed by atoms with van der Waals surface area (Å²) in [5.74, 6) is -0.936. The van der Waals surface area contributed by atoms with Gasteiger partial charge in [-0.05, 0) is 26.7 Å². The summed E-state index contributed by atoms with van der Waals surface area (Å²) in [7, 11) is 0. The van der Waals surface area contributed by atoms with E-state index in [0.717, 1.165) is 0 Å². The van der Waals surface area contributed by atoms with Crippen molar-refractivity contribution in [2.24, 2.45) is 0 Å². The Morgan fingerprint density at radius 1 is 1.20 bits per heavy atom. The molecule has 2 heterocycles. The van der Waals surface area contributed by atoms with Gasteiger partial charge < -0.3 is 24.8 Å². The second-order valence-electron chi connectivity index (χ2n) is 5.51. The lowest BCUT2D eigenvalue weighted by Crippen LogP contribution is -2.52. The maximum Gasteiger partial charge on any atom is 0.332 e. The van der Waals surface area contributed by atoms with Gasteiger partial charge in [0.2, 0.25) is 0 Å². The molecule has 0 aromatic carbocycles. The van der Waals surface area contributed by atoms with Crippen molar-refractivity contribution in [2.75, 3.05) is 19.6 Å². The van der Waals surface area contributed by atoms with Gasteiger partial charge in [-0.15, -0.1) is 0 Å². The van der Waals surface area contributed by atoms with E-state index in [-0.39, 0.29) is 24.3 Å². The van der Waals surface area contributed by atoms with E-state index in [4.69, 9.17) is 14.6 Å². The number of urea groups is 1. The Kier molecular flexibility index (Phi) is 4.82. The van der Waals surface area contributed by atoms with E-state index < -0.39 is 12.1 Å². The Morgan fingerprint density at radius 3 is 2.40 bits per heavy atom. The predicted molar refractivity (Wildman–Crippen MR) is 70.5 cm³/mol. The quantitative estimate of drug-likeness (QED) is 0.786. The minimum atomic E-state index is -0.936. The second kappa shape index (κ2) is 6.41. The molecule has 0 radical (unpaired) electrons. The lowest BCUT2D eigenvalue weighted by atomic mass is 10.2. The molecule has 0 bridgehead atoms. The molecule has 0 spiro atoms. The van der Waals surface area contributed by atoms with Gasteiger partial charge in [-0.2, -0.15) is 0 Å². The van der Waals surface area contributed by atoms with E-state index in [9.17, 15) is 9.59 Å². The van der Waals surface area contributed by atoms with E-state index in [1.54, 1.807) is 4.90 Å². The first-order valence-electron chi connectivity index (χ1n) is 7.02. The van der Waals surface area contributed by atoms with E-state index in [1.165, 1.54) is 0 Å². The Balaban J connectivity index is 1.74. The van der Waals surface area contributed by atoms with E-state index in [0.29, 0.717) is 32.5 Å². The first-order valence-corrected chi connectivity index (χ1v) is 7.02. The predicted octanol–water partition coefficient (Wildman–Crippen LogP) is 0.437. The zero-order valence-electron chi connectivity index (χ0n) is 11.9. The lowest BCUT2D eigenvalue weighted by Gasteiger charge is -2.35. The van der Waals surface area contributed by atoms with Crippen molar-refractivity contribution in [3.05, 3.63) is 0 Å². The van der Waals surface area contributed by atoms with Gasteiger partial charge in [-0.3, -0.25) is 0 Å². The fourth-order valence-electron chi connectivity index (χ4n) is 2.69. The highest BCUT2D eigenvalue weighted by molar-refractivity contribution is 5.74. The van der Waals surface area contributed by atoms with Crippen LogP contribution in [0.1, 0.15) is 26.7 Å². The van der Waals surface area contributed by atoms with Crippen LogP contribution in [0.2, 0.25) is 0 Å². The number of ether oxygens (including phenoxy) is 2. The summed E-state index contributed by atoms with van der Waals surface area (Å²) < 4.78 is 10.9. The number of amides is 2. The summed E-state index contributed by atoms with van der Waals surface area (Å²) in [4.78, 5) is 24.5. The number of carboxylic acid groups (broad SMARTS) is 1. The average molecular weight is 286 g/mol. The monoisotopic (exact) mass is 286 g/mol. The number of rotatable bonds is 3. The molecule has 4 unspecified atom stereocenters. The van der Waals surface area contributed by atoms with Crippen LogP contribution < -0.4 is 5.32 Å².